The van der Waals surface area contributed by atoms with Gasteiger partial charge in [0.25, 0.3) is 0 Å². The van der Waals surface area contributed by atoms with Crippen LogP contribution in [0.5, 0.6) is 11.6 Å². The van der Waals surface area contributed by atoms with Crippen molar-refractivity contribution < 1.29 is 4.74 Å². The summed E-state index contributed by atoms with van der Waals surface area (Å²) in [6.45, 7) is 3.93. The van der Waals surface area contributed by atoms with Gasteiger partial charge in [-0.25, -0.2) is 4.98 Å². The minimum Gasteiger partial charge on any atom is -0.437 e. The zero-order valence-electron chi connectivity index (χ0n) is 16.5. The van der Waals surface area contributed by atoms with Crippen molar-refractivity contribution in [2.45, 2.75) is 57.9 Å². The Labute approximate surface area is 171 Å². The highest BCUT2D eigenvalue weighted by molar-refractivity contribution is 6.32. The molecule has 3 N–H and O–H groups in total. The molecule has 28 heavy (non-hydrogen) atoms. The van der Waals surface area contributed by atoms with Crippen LogP contribution in [0.2, 0.25) is 5.02 Å². The molecule has 1 heterocycles. The first-order valence-corrected chi connectivity index (χ1v) is 10.6. The fourth-order valence-electron chi connectivity index (χ4n) is 6.15. The van der Waals surface area contributed by atoms with Gasteiger partial charge in [0.2, 0.25) is 5.88 Å². The average molecular weight is 399 g/mol. The molecule has 4 bridgehead atoms. The third-order valence-corrected chi connectivity index (χ3v) is 7.49. The number of anilines is 2. The lowest BCUT2D eigenvalue weighted by Gasteiger charge is -2.57. The van der Waals surface area contributed by atoms with Gasteiger partial charge in [-0.05, 0) is 93.4 Å². The molecule has 0 saturated heterocycles. The van der Waals surface area contributed by atoms with Crippen molar-refractivity contribution in [3.8, 4) is 11.6 Å². The highest BCUT2D eigenvalue weighted by Gasteiger charge is 2.51. The first kappa shape index (κ1) is 18.0. The fourth-order valence-corrected chi connectivity index (χ4v) is 6.26. The molecule has 1 aromatic heterocycles. The van der Waals surface area contributed by atoms with Crippen LogP contribution in [0.25, 0.3) is 0 Å². The smallest absolute Gasteiger partial charge is 0.248 e. The zero-order valence-corrected chi connectivity index (χ0v) is 17.2. The number of nitrogens with zero attached hydrogens (tertiary/aromatic N) is 2. The molecule has 4 aliphatic carbocycles. The molecule has 4 fully saturated rings. The monoisotopic (exact) mass is 398 g/mol. The summed E-state index contributed by atoms with van der Waals surface area (Å²) >= 11 is 6.27. The van der Waals surface area contributed by atoms with E-state index in [4.69, 9.17) is 22.1 Å². The quantitative estimate of drug-likeness (QED) is 0.711. The number of halogens is 1. The maximum absolute atomic E-state index is 6.43. The second-order valence-corrected chi connectivity index (χ2v) is 9.62. The number of nitrogens with two attached hydrogens (primary N) is 1. The van der Waals surface area contributed by atoms with Crippen molar-refractivity contribution in [2.24, 2.45) is 17.8 Å². The number of nitrogen functional groups attached to an aromatic ring is 1. The number of ether oxygens (including phenoxy) is 1. The molecular formula is C22H27ClN4O. The van der Waals surface area contributed by atoms with Crippen LogP contribution < -0.4 is 15.8 Å². The van der Waals surface area contributed by atoms with Gasteiger partial charge >= 0.3 is 0 Å². The van der Waals surface area contributed by atoms with Crippen LogP contribution in [-0.2, 0) is 0 Å². The molecule has 6 rings (SSSR count). The normalized spacial score (nSPS) is 30.5. The third kappa shape index (κ3) is 3.10. The second kappa shape index (κ2) is 6.51. The van der Waals surface area contributed by atoms with Crippen LogP contribution >= 0.6 is 11.6 Å². The van der Waals surface area contributed by atoms with Crippen LogP contribution in [0, 0.1) is 31.6 Å². The van der Waals surface area contributed by atoms with Gasteiger partial charge in [-0.1, -0.05) is 11.6 Å². The van der Waals surface area contributed by atoms with E-state index >= 15 is 0 Å². The molecule has 0 aliphatic heterocycles. The SMILES string of the molecule is Cc1cc(Oc2ncnc(NC34CC5CC(CC(C5)C3)C4)c2N)cc(C)c1Cl. The fraction of sp³-hybridized carbons (Fsp3) is 0.545. The van der Waals surface area contributed by atoms with Gasteiger partial charge in [-0.3, -0.25) is 0 Å². The number of hydrogen-bond acceptors (Lipinski definition) is 5. The van der Waals surface area contributed by atoms with Gasteiger partial charge in [0.1, 0.15) is 17.8 Å². The molecule has 1 aromatic carbocycles. The van der Waals surface area contributed by atoms with Gasteiger partial charge < -0.3 is 15.8 Å². The lowest BCUT2D eigenvalue weighted by molar-refractivity contribution is 0.0106. The van der Waals surface area contributed by atoms with Crippen LogP contribution in [0.1, 0.15) is 49.7 Å². The number of aryl methyl sites for hydroxylation is 2. The highest BCUT2D eigenvalue weighted by atomic mass is 35.5. The van der Waals surface area contributed by atoms with E-state index in [1.165, 1.54) is 44.9 Å². The first-order chi connectivity index (χ1) is 13.4. The van der Waals surface area contributed by atoms with Crippen LogP contribution in [0.4, 0.5) is 11.5 Å². The summed E-state index contributed by atoms with van der Waals surface area (Å²) < 4.78 is 6.01. The minimum absolute atomic E-state index is 0.141. The summed E-state index contributed by atoms with van der Waals surface area (Å²) in [7, 11) is 0. The molecule has 6 heteroatoms. The standard InChI is InChI=1S/C22H27ClN4O/c1-12-3-17(4-13(2)18(12)23)28-21-19(24)20(25-11-26-21)27-22-8-14-5-15(9-22)7-16(6-14)10-22/h3-4,11,14-16H,5-10,24H2,1-2H3,(H,25,26,27). The largest absolute Gasteiger partial charge is 0.437 e. The molecule has 2 aromatic rings. The van der Waals surface area contributed by atoms with Crippen molar-refractivity contribution in [1.82, 2.24) is 9.97 Å². The Morgan fingerprint density at radius 2 is 1.61 bits per heavy atom. The summed E-state index contributed by atoms with van der Waals surface area (Å²) in [5, 5.41) is 4.49. The minimum atomic E-state index is 0.141. The first-order valence-electron chi connectivity index (χ1n) is 10.2. The van der Waals surface area contributed by atoms with Gasteiger partial charge in [-0.2, -0.15) is 4.98 Å². The Morgan fingerprint density at radius 1 is 1.04 bits per heavy atom. The van der Waals surface area contributed by atoms with Gasteiger partial charge in [0.15, 0.2) is 5.82 Å². The van der Waals surface area contributed by atoms with Crippen molar-refractivity contribution in [2.75, 3.05) is 11.1 Å². The van der Waals surface area contributed by atoms with E-state index < -0.39 is 0 Å². The molecular weight excluding hydrogens is 372 g/mol. The van der Waals surface area contributed by atoms with E-state index in [0.717, 1.165) is 33.9 Å². The summed E-state index contributed by atoms with van der Waals surface area (Å²) in [4.78, 5) is 8.74. The lowest BCUT2D eigenvalue weighted by atomic mass is 9.53. The Kier molecular flexibility index (Phi) is 4.20. The summed E-state index contributed by atoms with van der Waals surface area (Å²) in [5.41, 5.74) is 8.98. The second-order valence-electron chi connectivity index (χ2n) is 9.24. The zero-order chi connectivity index (χ0) is 19.5. The lowest BCUT2D eigenvalue weighted by Crippen LogP contribution is -2.55. The third-order valence-electron chi connectivity index (χ3n) is 6.89. The molecule has 0 amide bonds. The van der Waals surface area contributed by atoms with E-state index in [0.29, 0.717) is 23.1 Å². The number of hydrogen-bond donors (Lipinski definition) is 2. The van der Waals surface area contributed by atoms with E-state index in [2.05, 4.69) is 15.3 Å². The summed E-state index contributed by atoms with van der Waals surface area (Å²) in [5.74, 6) is 4.36. The number of rotatable bonds is 4. The Morgan fingerprint density at radius 3 is 2.18 bits per heavy atom. The molecule has 5 nitrogen and oxygen atoms in total. The van der Waals surface area contributed by atoms with E-state index in [1.54, 1.807) is 0 Å². The van der Waals surface area contributed by atoms with Crippen molar-refractivity contribution in [1.29, 1.82) is 0 Å². The molecule has 0 unspecified atom stereocenters. The van der Waals surface area contributed by atoms with Crippen molar-refractivity contribution >= 4 is 23.1 Å². The molecule has 4 aliphatic rings. The predicted molar refractivity (Wildman–Crippen MR) is 112 cm³/mol. The van der Waals surface area contributed by atoms with Gasteiger partial charge in [-0.15, -0.1) is 0 Å². The maximum atomic E-state index is 6.43. The molecule has 0 spiro atoms. The van der Waals surface area contributed by atoms with E-state index in [9.17, 15) is 0 Å². The topological polar surface area (TPSA) is 73.1 Å². The van der Waals surface area contributed by atoms with E-state index in [1.807, 2.05) is 26.0 Å². The van der Waals surface area contributed by atoms with Gasteiger partial charge in [0.05, 0.1) is 0 Å². The Bertz CT molecular complexity index is 870. The Balaban J connectivity index is 1.40. The molecule has 148 valence electrons. The average Bonchev–Trinajstić information content (AvgIpc) is 2.62. The van der Waals surface area contributed by atoms with E-state index in [-0.39, 0.29) is 5.54 Å². The van der Waals surface area contributed by atoms with Crippen molar-refractivity contribution in [3.05, 3.63) is 34.6 Å². The predicted octanol–water partition coefficient (Wildman–Crippen LogP) is 5.50. The van der Waals surface area contributed by atoms with Crippen LogP contribution in [0.15, 0.2) is 18.5 Å². The molecule has 0 radical (unpaired) electrons. The summed E-state index contributed by atoms with van der Waals surface area (Å²) in [6.07, 6.45) is 9.44. The highest BCUT2D eigenvalue weighted by Crippen LogP contribution is 2.56. The number of aromatic nitrogens is 2. The van der Waals surface area contributed by atoms with Crippen LogP contribution in [-0.4, -0.2) is 15.5 Å². The Hall–Kier alpha value is -2.01. The van der Waals surface area contributed by atoms with Gasteiger partial charge in [0, 0.05) is 10.6 Å². The molecule has 0 atom stereocenters. The number of nitrogens with one attached hydrogen (secondary N) is 1. The number of benzene rings is 1. The van der Waals surface area contributed by atoms with Crippen molar-refractivity contribution in [3.63, 3.8) is 0 Å². The summed E-state index contributed by atoms with van der Waals surface area (Å²) in [6, 6.07) is 3.81. The maximum Gasteiger partial charge on any atom is 0.248 e. The molecule has 4 saturated carbocycles. The van der Waals surface area contributed by atoms with Crippen LogP contribution in [0.3, 0.4) is 0 Å².